The number of hydrogen-bond donors (Lipinski definition) is 4. The van der Waals surface area contributed by atoms with Crippen LogP contribution in [-0.2, 0) is 0 Å². The lowest BCUT2D eigenvalue weighted by Crippen LogP contribution is -2.31. The molecule has 2 aliphatic rings. The van der Waals surface area contributed by atoms with Gasteiger partial charge in [0.15, 0.2) is 5.13 Å². The molecule has 2 heterocycles. The predicted molar refractivity (Wildman–Crippen MR) is 136 cm³/mol. The lowest BCUT2D eigenvalue weighted by molar-refractivity contribution is 0.210. The topological polar surface area (TPSA) is 86.4 Å². The summed E-state index contributed by atoms with van der Waals surface area (Å²) in [6.07, 6.45) is 14.9. The molecule has 4 rings (SSSR count). The van der Waals surface area contributed by atoms with Crippen LogP contribution in [0.15, 0.2) is 72.0 Å². The Balaban J connectivity index is 1.32. The van der Waals surface area contributed by atoms with Gasteiger partial charge in [-0.15, -0.1) is 0 Å². The standard InChI is InChI=1S/C25H31N5OS/c1-16(8-9-18-7-5-4-6-17(18)2)12-20(26)14-27-24-28-15-23(32-24)19-10-11-21-22(13-19)30(3)25(31)29-21/h4-11,13,15,17,20,25,29,31H,12,14,26H2,1-3H3,(H,27,28)/b16-8+,18-9-/t17?,20-,25?/m0/s1. The number of nitrogens with one attached hydrogen (secondary N) is 2. The largest absolute Gasteiger partial charge is 0.360 e. The Kier molecular flexibility index (Phi) is 6.79. The maximum absolute atomic E-state index is 9.95. The van der Waals surface area contributed by atoms with Gasteiger partial charge in [0, 0.05) is 25.8 Å². The third kappa shape index (κ3) is 5.12. The Bertz CT molecular complexity index is 1080. The molecule has 0 radical (unpaired) electrons. The molecule has 0 saturated heterocycles. The van der Waals surface area contributed by atoms with Crippen LogP contribution in [0.5, 0.6) is 0 Å². The number of rotatable bonds is 7. The fourth-order valence-corrected chi connectivity index (χ4v) is 4.65. The fraction of sp³-hybridized carbons (Fsp3) is 0.320. The lowest BCUT2D eigenvalue weighted by atomic mass is 9.95. The zero-order valence-electron chi connectivity index (χ0n) is 18.7. The van der Waals surface area contributed by atoms with Crippen LogP contribution in [0.2, 0.25) is 0 Å². The number of benzene rings is 1. The van der Waals surface area contributed by atoms with Crippen LogP contribution in [0, 0.1) is 5.92 Å². The van der Waals surface area contributed by atoms with Gasteiger partial charge in [0.05, 0.1) is 16.3 Å². The van der Waals surface area contributed by atoms with Gasteiger partial charge < -0.3 is 26.4 Å². The monoisotopic (exact) mass is 449 g/mol. The molecule has 1 aromatic heterocycles. The van der Waals surface area contributed by atoms with E-state index in [1.807, 2.05) is 30.3 Å². The maximum atomic E-state index is 9.95. The first-order chi connectivity index (χ1) is 15.4. The molecule has 5 N–H and O–H groups in total. The van der Waals surface area contributed by atoms with Crippen molar-refractivity contribution in [2.24, 2.45) is 11.7 Å². The summed E-state index contributed by atoms with van der Waals surface area (Å²) < 4.78 is 0. The SMILES string of the molecule is C/C(=C\C=C1\C=CC=CC1C)C[C@H](N)CNc1ncc(-c2ccc3c(c2)N(C)C(O)N3)s1. The van der Waals surface area contributed by atoms with Gasteiger partial charge in [-0.1, -0.05) is 66.4 Å². The van der Waals surface area contributed by atoms with Crippen LogP contribution in [-0.4, -0.2) is 36.1 Å². The number of nitrogens with two attached hydrogens (primary N) is 1. The minimum absolute atomic E-state index is 0.0115. The van der Waals surface area contributed by atoms with Crippen LogP contribution >= 0.6 is 11.3 Å². The Morgan fingerprint density at radius 1 is 1.41 bits per heavy atom. The fourth-order valence-electron chi connectivity index (χ4n) is 3.83. The van der Waals surface area contributed by atoms with Gasteiger partial charge >= 0.3 is 0 Å². The molecule has 1 aromatic carbocycles. The van der Waals surface area contributed by atoms with Gasteiger partial charge in [-0.05, 0) is 42.5 Å². The summed E-state index contributed by atoms with van der Waals surface area (Å²) in [6, 6.07) is 6.12. The van der Waals surface area contributed by atoms with E-state index in [2.05, 4.69) is 72.0 Å². The van der Waals surface area contributed by atoms with E-state index < -0.39 is 6.35 Å². The minimum Gasteiger partial charge on any atom is -0.360 e. The van der Waals surface area contributed by atoms with Crippen LogP contribution in [0.3, 0.4) is 0 Å². The second-order valence-electron chi connectivity index (χ2n) is 8.45. The van der Waals surface area contributed by atoms with Crippen molar-refractivity contribution in [2.45, 2.75) is 32.7 Å². The van der Waals surface area contributed by atoms with Crippen molar-refractivity contribution in [3.8, 4) is 10.4 Å². The number of allylic oxidation sites excluding steroid dienone is 7. The summed E-state index contributed by atoms with van der Waals surface area (Å²) in [7, 11) is 1.87. The van der Waals surface area contributed by atoms with E-state index in [1.54, 1.807) is 11.3 Å². The molecular weight excluding hydrogens is 418 g/mol. The van der Waals surface area contributed by atoms with Gasteiger partial charge in [-0.2, -0.15) is 0 Å². The van der Waals surface area contributed by atoms with Crippen LogP contribution in [0.25, 0.3) is 10.4 Å². The van der Waals surface area contributed by atoms with Gasteiger partial charge in [0.2, 0.25) is 6.35 Å². The third-order valence-corrected chi connectivity index (χ3v) is 6.81. The highest BCUT2D eigenvalue weighted by atomic mass is 32.1. The number of aliphatic hydroxyl groups is 1. The van der Waals surface area contributed by atoms with Gasteiger partial charge in [-0.3, -0.25) is 0 Å². The summed E-state index contributed by atoms with van der Waals surface area (Å²) in [4.78, 5) is 7.40. The van der Waals surface area contributed by atoms with Crippen molar-refractivity contribution in [2.75, 3.05) is 29.1 Å². The first-order valence-electron chi connectivity index (χ1n) is 10.9. The maximum Gasteiger partial charge on any atom is 0.205 e. The Morgan fingerprint density at radius 2 is 2.25 bits per heavy atom. The van der Waals surface area contributed by atoms with Crippen molar-refractivity contribution in [3.63, 3.8) is 0 Å². The van der Waals surface area contributed by atoms with E-state index in [0.717, 1.165) is 33.4 Å². The van der Waals surface area contributed by atoms with Crippen molar-refractivity contribution >= 4 is 27.8 Å². The first kappa shape index (κ1) is 22.3. The normalized spacial score (nSPS) is 22.2. The molecular formula is C25H31N5OS. The predicted octanol–water partition coefficient (Wildman–Crippen LogP) is 4.71. The summed E-state index contributed by atoms with van der Waals surface area (Å²) >= 11 is 1.61. The number of nitrogens with zero attached hydrogens (tertiary/aromatic N) is 2. The van der Waals surface area contributed by atoms with Crippen molar-refractivity contribution in [3.05, 3.63) is 72.0 Å². The molecule has 2 unspecified atom stereocenters. The molecule has 1 aliphatic heterocycles. The molecule has 168 valence electrons. The smallest absolute Gasteiger partial charge is 0.205 e. The Morgan fingerprint density at radius 3 is 3.06 bits per heavy atom. The molecule has 0 bridgehead atoms. The Hall–Kier alpha value is -2.87. The van der Waals surface area contributed by atoms with Gasteiger partial charge in [-0.25, -0.2) is 4.98 Å². The molecule has 6 nitrogen and oxygen atoms in total. The number of thiazole rings is 1. The average Bonchev–Trinajstić information content (AvgIpc) is 3.36. The summed E-state index contributed by atoms with van der Waals surface area (Å²) in [6.45, 7) is 4.99. The highest BCUT2D eigenvalue weighted by Crippen LogP contribution is 2.38. The van der Waals surface area contributed by atoms with Crippen LogP contribution in [0.4, 0.5) is 16.5 Å². The molecule has 0 amide bonds. The van der Waals surface area contributed by atoms with E-state index in [-0.39, 0.29) is 6.04 Å². The van der Waals surface area contributed by atoms with E-state index in [4.69, 9.17) is 5.73 Å². The highest BCUT2D eigenvalue weighted by Gasteiger charge is 2.23. The molecule has 3 atom stereocenters. The van der Waals surface area contributed by atoms with Crippen molar-refractivity contribution in [1.82, 2.24) is 4.98 Å². The second kappa shape index (κ2) is 9.73. The summed E-state index contributed by atoms with van der Waals surface area (Å²) in [5, 5.41) is 17.2. The number of aromatic nitrogens is 1. The van der Waals surface area contributed by atoms with E-state index >= 15 is 0 Å². The van der Waals surface area contributed by atoms with Crippen molar-refractivity contribution < 1.29 is 5.11 Å². The molecule has 0 spiro atoms. The molecule has 2 aromatic rings. The minimum atomic E-state index is -0.687. The molecule has 0 saturated carbocycles. The summed E-state index contributed by atoms with van der Waals surface area (Å²) in [5.74, 6) is 0.450. The van der Waals surface area contributed by atoms with Gasteiger partial charge in [0.1, 0.15) is 0 Å². The molecule has 32 heavy (non-hydrogen) atoms. The zero-order valence-corrected chi connectivity index (χ0v) is 19.6. The lowest BCUT2D eigenvalue weighted by Gasteiger charge is -2.15. The zero-order chi connectivity index (χ0) is 22.7. The quantitative estimate of drug-likeness (QED) is 0.490. The van der Waals surface area contributed by atoms with Crippen molar-refractivity contribution in [1.29, 1.82) is 0 Å². The first-order valence-corrected chi connectivity index (χ1v) is 11.7. The van der Waals surface area contributed by atoms with Crippen LogP contribution in [0.1, 0.15) is 20.3 Å². The molecule has 0 fully saturated rings. The van der Waals surface area contributed by atoms with Gasteiger partial charge in [0.25, 0.3) is 0 Å². The van der Waals surface area contributed by atoms with E-state index in [9.17, 15) is 5.11 Å². The van der Waals surface area contributed by atoms with Crippen LogP contribution < -0.4 is 21.3 Å². The highest BCUT2D eigenvalue weighted by molar-refractivity contribution is 7.18. The van der Waals surface area contributed by atoms with E-state index in [1.165, 1.54) is 11.1 Å². The number of anilines is 3. The average molecular weight is 450 g/mol. The third-order valence-electron chi connectivity index (χ3n) is 5.80. The number of hydrogen-bond acceptors (Lipinski definition) is 7. The molecule has 7 heteroatoms. The Labute approximate surface area is 193 Å². The number of fused-ring (bicyclic) bond motifs is 1. The molecule has 1 aliphatic carbocycles. The summed E-state index contributed by atoms with van der Waals surface area (Å²) in [5.41, 5.74) is 11.9. The van der Waals surface area contributed by atoms with E-state index in [0.29, 0.717) is 12.5 Å². The second-order valence-corrected chi connectivity index (χ2v) is 9.48. The number of aliphatic hydroxyl groups excluding tert-OH is 1.